The third-order valence-corrected chi connectivity index (χ3v) is 3.20. The number of likely N-dealkylation sites (tertiary alicyclic amines) is 1. The summed E-state index contributed by atoms with van der Waals surface area (Å²) in [7, 11) is 0. The lowest BCUT2D eigenvalue weighted by atomic mass is 10.0. The number of aromatic nitrogens is 1. The standard InChI is InChI=1S/C12H19N3O3/c1-8-3-2-4-15(5-8)12(17)10-7-18-11(14-10)9(13)6-16/h7-9,16H,2-6,13H2,1H3. The lowest BCUT2D eigenvalue weighted by Gasteiger charge is -2.30. The van der Waals surface area contributed by atoms with Gasteiger partial charge in [0.2, 0.25) is 5.89 Å². The number of aliphatic hydroxyl groups is 1. The van der Waals surface area contributed by atoms with Gasteiger partial charge in [-0.25, -0.2) is 4.98 Å². The fourth-order valence-electron chi connectivity index (χ4n) is 2.17. The highest BCUT2D eigenvalue weighted by Crippen LogP contribution is 2.18. The number of carbonyl (C=O) groups is 1. The maximum Gasteiger partial charge on any atom is 0.275 e. The van der Waals surface area contributed by atoms with Gasteiger partial charge in [0.05, 0.1) is 6.61 Å². The summed E-state index contributed by atoms with van der Waals surface area (Å²) in [6.45, 7) is 3.40. The lowest BCUT2D eigenvalue weighted by Crippen LogP contribution is -2.39. The summed E-state index contributed by atoms with van der Waals surface area (Å²) in [6.07, 6.45) is 3.49. The molecule has 0 saturated carbocycles. The summed E-state index contributed by atoms with van der Waals surface area (Å²) in [4.78, 5) is 18.0. The molecule has 1 aliphatic heterocycles. The van der Waals surface area contributed by atoms with E-state index in [1.165, 1.54) is 6.26 Å². The number of oxazole rings is 1. The van der Waals surface area contributed by atoms with E-state index < -0.39 is 6.04 Å². The highest BCUT2D eigenvalue weighted by Gasteiger charge is 2.25. The smallest absolute Gasteiger partial charge is 0.275 e. The van der Waals surface area contributed by atoms with Gasteiger partial charge in [0.15, 0.2) is 5.69 Å². The highest BCUT2D eigenvalue weighted by atomic mass is 16.3. The van der Waals surface area contributed by atoms with Gasteiger partial charge in [-0.3, -0.25) is 4.79 Å². The maximum atomic E-state index is 12.2. The normalized spacial score (nSPS) is 21.9. The predicted octanol–water partition coefficient (Wildman–Crippen LogP) is 0.539. The first-order valence-corrected chi connectivity index (χ1v) is 6.23. The minimum absolute atomic E-state index is 0.123. The number of hydrogen-bond donors (Lipinski definition) is 2. The molecule has 1 aromatic rings. The molecule has 0 spiro atoms. The van der Waals surface area contributed by atoms with Gasteiger partial charge in [-0.15, -0.1) is 0 Å². The van der Waals surface area contributed by atoms with E-state index >= 15 is 0 Å². The molecule has 1 aliphatic rings. The average Bonchev–Trinajstić information content (AvgIpc) is 2.86. The second-order valence-electron chi connectivity index (χ2n) is 4.86. The number of amides is 1. The van der Waals surface area contributed by atoms with Gasteiger partial charge >= 0.3 is 0 Å². The third-order valence-electron chi connectivity index (χ3n) is 3.20. The lowest BCUT2D eigenvalue weighted by molar-refractivity contribution is 0.0677. The highest BCUT2D eigenvalue weighted by molar-refractivity contribution is 5.92. The topological polar surface area (TPSA) is 92.6 Å². The fourth-order valence-corrected chi connectivity index (χ4v) is 2.17. The van der Waals surface area contributed by atoms with Crippen LogP contribution >= 0.6 is 0 Å². The molecule has 18 heavy (non-hydrogen) atoms. The Morgan fingerprint density at radius 3 is 3.22 bits per heavy atom. The first-order chi connectivity index (χ1) is 8.61. The summed E-state index contributed by atoms with van der Waals surface area (Å²) in [5, 5.41) is 8.90. The van der Waals surface area contributed by atoms with Gasteiger partial charge in [-0.1, -0.05) is 6.92 Å². The molecular formula is C12H19N3O3. The van der Waals surface area contributed by atoms with Crippen molar-refractivity contribution in [3.8, 4) is 0 Å². The van der Waals surface area contributed by atoms with Crippen molar-refractivity contribution in [2.24, 2.45) is 11.7 Å². The third kappa shape index (κ3) is 2.70. The van der Waals surface area contributed by atoms with Crippen molar-refractivity contribution in [2.75, 3.05) is 19.7 Å². The average molecular weight is 253 g/mol. The molecular weight excluding hydrogens is 234 g/mol. The van der Waals surface area contributed by atoms with E-state index in [0.29, 0.717) is 5.92 Å². The molecule has 2 rings (SSSR count). The Morgan fingerprint density at radius 2 is 2.56 bits per heavy atom. The Morgan fingerprint density at radius 1 is 1.78 bits per heavy atom. The maximum absolute atomic E-state index is 12.2. The van der Waals surface area contributed by atoms with Crippen LogP contribution in [0.5, 0.6) is 0 Å². The van der Waals surface area contributed by atoms with Gasteiger partial charge in [-0.2, -0.15) is 0 Å². The zero-order chi connectivity index (χ0) is 13.1. The molecule has 2 atom stereocenters. The van der Waals surface area contributed by atoms with Crippen molar-refractivity contribution in [3.05, 3.63) is 17.8 Å². The van der Waals surface area contributed by atoms with Crippen molar-refractivity contribution < 1.29 is 14.3 Å². The SMILES string of the molecule is CC1CCCN(C(=O)c2coc(C(N)CO)n2)C1. The van der Waals surface area contributed by atoms with E-state index in [1.807, 2.05) is 0 Å². The van der Waals surface area contributed by atoms with Crippen LogP contribution in [0.1, 0.15) is 42.2 Å². The molecule has 1 saturated heterocycles. The number of nitrogens with zero attached hydrogens (tertiary/aromatic N) is 2. The van der Waals surface area contributed by atoms with Crippen molar-refractivity contribution in [3.63, 3.8) is 0 Å². The molecule has 6 nitrogen and oxygen atoms in total. The molecule has 3 N–H and O–H groups in total. The van der Waals surface area contributed by atoms with Gasteiger partial charge in [0, 0.05) is 13.1 Å². The van der Waals surface area contributed by atoms with Crippen molar-refractivity contribution in [1.29, 1.82) is 0 Å². The van der Waals surface area contributed by atoms with Crippen LogP contribution in [-0.2, 0) is 0 Å². The first-order valence-electron chi connectivity index (χ1n) is 6.23. The van der Waals surface area contributed by atoms with E-state index in [1.54, 1.807) is 4.90 Å². The Balaban J connectivity index is 2.06. The van der Waals surface area contributed by atoms with Crippen LogP contribution < -0.4 is 5.73 Å². The Hall–Kier alpha value is -1.40. The van der Waals surface area contributed by atoms with Crippen molar-refractivity contribution in [1.82, 2.24) is 9.88 Å². The second kappa shape index (κ2) is 5.49. The summed E-state index contributed by atoms with van der Waals surface area (Å²) in [5.41, 5.74) is 5.84. The molecule has 0 bridgehead atoms. The zero-order valence-electron chi connectivity index (χ0n) is 10.5. The van der Waals surface area contributed by atoms with Crippen molar-refractivity contribution in [2.45, 2.75) is 25.8 Å². The second-order valence-corrected chi connectivity index (χ2v) is 4.86. The van der Waals surface area contributed by atoms with Crippen LogP contribution in [0.3, 0.4) is 0 Å². The van der Waals surface area contributed by atoms with Gasteiger partial charge in [0.25, 0.3) is 5.91 Å². The number of hydrogen-bond acceptors (Lipinski definition) is 5. The van der Waals surface area contributed by atoms with Crippen LogP contribution in [0, 0.1) is 5.92 Å². The Labute approximate surface area is 106 Å². The van der Waals surface area contributed by atoms with Crippen LogP contribution in [-0.4, -0.2) is 40.6 Å². The van der Waals surface area contributed by atoms with Gasteiger partial charge in [-0.05, 0) is 18.8 Å². The molecule has 2 heterocycles. The molecule has 1 amide bonds. The minimum atomic E-state index is -0.674. The Kier molecular flexibility index (Phi) is 3.98. The molecule has 2 unspecified atom stereocenters. The Bertz CT molecular complexity index is 418. The van der Waals surface area contributed by atoms with E-state index in [4.69, 9.17) is 15.3 Å². The van der Waals surface area contributed by atoms with Crippen LogP contribution in [0.4, 0.5) is 0 Å². The van der Waals surface area contributed by atoms with E-state index in [2.05, 4.69) is 11.9 Å². The summed E-state index contributed by atoms with van der Waals surface area (Å²) < 4.78 is 5.11. The number of nitrogens with two attached hydrogens (primary N) is 1. The molecule has 0 aromatic carbocycles. The van der Waals surface area contributed by atoms with Crippen molar-refractivity contribution >= 4 is 5.91 Å². The molecule has 0 aliphatic carbocycles. The van der Waals surface area contributed by atoms with Gasteiger partial charge in [0.1, 0.15) is 12.3 Å². The van der Waals surface area contributed by atoms with E-state index in [-0.39, 0.29) is 24.1 Å². The molecule has 1 fully saturated rings. The minimum Gasteiger partial charge on any atom is -0.446 e. The largest absolute Gasteiger partial charge is 0.446 e. The zero-order valence-corrected chi connectivity index (χ0v) is 10.5. The van der Waals surface area contributed by atoms with E-state index in [0.717, 1.165) is 25.9 Å². The summed E-state index contributed by atoms with van der Waals surface area (Å²) >= 11 is 0. The molecule has 0 radical (unpaired) electrons. The number of rotatable bonds is 3. The van der Waals surface area contributed by atoms with Crippen LogP contribution in [0.25, 0.3) is 0 Å². The predicted molar refractivity (Wildman–Crippen MR) is 64.8 cm³/mol. The fraction of sp³-hybridized carbons (Fsp3) is 0.667. The number of aliphatic hydroxyl groups excluding tert-OH is 1. The number of carbonyl (C=O) groups excluding carboxylic acids is 1. The van der Waals surface area contributed by atoms with Crippen LogP contribution in [0.15, 0.2) is 10.7 Å². The number of piperidine rings is 1. The monoisotopic (exact) mass is 253 g/mol. The van der Waals surface area contributed by atoms with E-state index in [9.17, 15) is 4.79 Å². The first kappa shape index (κ1) is 13.0. The van der Waals surface area contributed by atoms with Crippen LogP contribution in [0.2, 0.25) is 0 Å². The quantitative estimate of drug-likeness (QED) is 0.820. The summed E-state index contributed by atoms with van der Waals surface area (Å²) in [5.74, 6) is 0.598. The van der Waals surface area contributed by atoms with Gasteiger partial charge < -0.3 is 20.2 Å². The summed E-state index contributed by atoms with van der Waals surface area (Å²) in [6, 6.07) is -0.674. The molecule has 100 valence electrons. The molecule has 1 aromatic heterocycles. The molecule has 6 heteroatoms.